The van der Waals surface area contributed by atoms with E-state index in [4.69, 9.17) is 0 Å². The maximum atomic E-state index is 11.8. The van der Waals surface area contributed by atoms with E-state index in [1.807, 2.05) is 5.38 Å². The lowest BCUT2D eigenvalue weighted by Gasteiger charge is -2.05. The summed E-state index contributed by atoms with van der Waals surface area (Å²) in [7, 11) is 0. The molecule has 0 aromatic carbocycles. The van der Waals surface area contributed by atoms with Crippen LogP contribution in [0.1, 0.15) is 23.5 Å². The topological polar surface area (TPSA) is 34.1 Å². The molecule has 7 heteroatoms. The highest BCUT2D eigenvalue weighted by Gasteiger charge is 2.27. The molecular weight excluding hydrogens is 253 g/mol. The number of thiazole rings is 1. The van der Waals surface area contributed by atoms with Crippen LogP contribution in [-0.4, -0.2) is 23.8 Å². The van der Waals surface area contributed by atoms with Crippen molar-refractivity contribution in [2.45, 2.75) is 38.2 Å². The number of nitrogens with zero attached hydrogens (tertiary/aromatic N) is 1. The summed E-state index contributed by atoms with van der Waals surface area (Å²) in [6.07, 6.45) is -1.87. The van der Waals surface area contributed by atoms with E-state index < -0.39 is 12.8 Å². The third-order valence-corrected chi connectivity index (χ3v) is 3.11. The van der Waals surface area contributed by atoms with Crippen molar-refractivity contribution in [2.24, 2.45) is 0 Å². The molecule has 0 spiro atoms. The summed E-state index contributed by atoms with van der Waals surface area (Å²) in [6.45, 7) is -0.615. The highest BCUT2D eigenvalue weighted by Crippen LogP contribution is 2.20. The van der Waals surface area contributed by atoms with Crippen LogP contribution < -0.4 is 5.32 Å². The first-order valence-electron chi connectivity index (χ1n) is 5.34. The molecule has 1 aliphatic carbocycles. The van der Waals surface area contributed by atoms with E-state index in [0.29, 0.717) is 17.6 Å². The number of ether oxygens (including phenoxy) is 1. The van der Waals surface area contributed by atoms with Gasteiger partial charge < -0.3 is 10.1 Å². The number of hydrogen-bond donors (Lipinski definition) is 1. The highest BCUT2D eigenvalue weighted by molar-refractivity contribution is 7.09. The predicted molar refractivity (Wildman–Crippen MR) is 57.7 cm³/mol. The summed E-state index contributed by atoms with van der Waals surface area (Å²) < 4.78 is 40.0. The second-order valence-corrected chi connectivity index (χ2v) is 4.94. The van der Waals surface area contributed by atoms with Crippen LogP contribution in [0.4, 0.5) is 13.2 Å². The van der Waals surface area contributed by atoms with Crippen LogP contribution in [-0.2, 0) is 17.9 Å². The fourth-order valence-corrected chi connectivity index (χ4v) is 2.02. The molecule has 1 N–H and O–H groups in total. The van der Waals surface area contributed by atoms with Crippen LogP contribution in [0.15, 0.2) is 5.38 Å². The van der Waals surface area contributed by atoms with Gasteiger partial charge in [-0.05, 0) is 12.8 Å². The maximum Gasteiger partial charge on any atom is 0.411 e. The average molecular weight is 266 g/mol. The zero-order chi connectivity index (χ0) is 12.3. The molecule has 0 bridgehead atoms. The monoisotopic (exact) mass is 266 g/mol. The van der Waals surface area contributed by atoms with Gasteiger partial charge in [0.05, 0.1) is 12.3 Å². The summed E-state index contributed by atoms with van der Waals surface area (Å²) >= 11 is 1.33. The first-order valence-corrected chi connectivity index (χ1v) is 6.22. The third-order valence-electron chi connectivity index (χ3n) is 2.24. The lowest BCUT2D eigenvalue weighted by Crippen LogP contribution is -2.17. The van der Waals surface area contributed by atoms with Gasteiger partial charge in [-0.25, -0.2) is 4.98 Å². The lowest BCUT2D eigenvalue weighted by atomic mass is 10.4. The van der Waals surface area contributed by atoms with E-state index in [1.165, 1.54) is 24.2 Å². The Balaban J connectivity index is 1.69. The molecule has 2 rings (SSSR count). The van der Waals surface area contributed by atoms with Crippen LogP contribution in [0.5, 0.6) is 0 Å². The maximum absolute atomic E-state index is 11.8. The van der Waals surface area contributed by atoms with Crippen molar-refractivity contribution in [3.63, 3.8) is 0 Å². The van der Waals surface area contributed by atoms with Crippen LogP contribution in [0.2, 0.25) is 0 Å². The molecule has 3 nitrogen and oxygen atoms in total. The largest absolute Gasteiger partial charge is 0.411 e. The summed E-state index contributed by atoms with van der Waals surface area (Å²) in [5, 5.41) is 5.72. The first kappa shape index (κ1) is 12.8. The average Bonchev–Trinajstić information content (AvgIpc) is 2.95. The highest BCUT2D eigenvalue weighted by atomic mass is 32.1. The molecular formula is C10H13F3N2OS. The Morgan fingerprint density at radius 2 is 2.24 bits per heavy atom. The minimum absolute atomic E-state index is 0.0758. The summed E-state index contributed by atoms with van der Waals surface area (Å²) in [5.74, 6) is 0. The van der Waals surface area contributed by atoms with Crippen molar-refractivity contribution < 1.29 is 17.9 Å². The zero-order valence-corrected chi connectivity index (χ0v) is 9.90. The van der Waals surface area contributed by atoms with Gasteiger partial charge in [0.2, 0.25) is 0 Å². The van der Waals surface area contributed by atoms with Crippen molar-refractivity contribution in [3.05, 3.63) is 16.1 Å². The van der Waals surface area contributed by atoms with Gasteiger partial charge in [0.25, 0.3) is 0 Å². The first-order chi connectivity index (χ1) is 8.03. The molecule has 1 heterocycles. The second kappa shape index (κ2) is 5.32. The number of halogens is 3. The predicted octanol–water partition coefficient (Wildman–Crippen LogP) is 2.47. The van der Waals surface area contributed by atoms with Crippen molar-refractivity contribution in [1.29, 1.82) is 0 Å². The van der Waals surface area contributed by atoms with Gasteiger partial charge in [-0.3, -0.25) is 0 Å². The van der Waals surface area contributed by atoms with Crippen molar-refractivity contribution in [2.75, 3.05) is 6.61 Å². The van der Waals surface area contributed by atoms with Gasteiger partial charge in [0.1, 0.15) is 11.6 Å². The minimum Gasteiger partial charge on any atom is -0.365 e. The molecule has 1 saturated carbocycles. The molecule has 0 atom stereocenters. The molecule has 1 fully saturated rings. The Bertz CT molecular complexity index is 363. The van der Waals surface area contributed by atoms with Gasteiger partial charge in [0, 0.05) is 18.0 Å². The molecule has 1 aromatic rings. The van der Waals surface area contributed by atoms with Crippen LogP contribution in [0.3, 0.4) is 0 Å². The Morgan fingerprint density at radius 3 is 2.88 bits per heavy atom. The van der Waals surface area contributed by atoms with E-state index in [2.05, 4.69) is 15.0 Å². The second-order valence-electron chi connectivity index (χ2n) is 4.00. The molecule has 0 amide bonds. The SMILES string of the molecule is FC(F)(F)COCc1nc(CNC2CC2)cs1. The van der Waals surface area contributed by atoms with E-state index in [1.54, 1.807) is 0 Å². The third kappa shape index (κ3) is 5.01. The molecule has 0 saturated heterocycles. The fraction of sp³-hybridized carbons (Fsp3) is 0.700. The van der Waals surface area contributed by atoms with Crippen LogP contribution in [0, 0.1) is 0 Å². The van der Waals surface area contributed by atoms with Crippen molar-refractivity contribution in [3.8, 4) is 0 Å². The minimum atomic E-state index is -4.27. The zero-order valence-electron chi connectivity index (χ0n) is 9.09. The molecule has 1 aromatic heterocycles. The fourth-order valence-electron chi connectivity index (χ4n) is 1.29. The molecule has 0 aliphatic heterocycles. The van der Waals surface area contributed by atoms with E-state index in [-0.39, 0.29) is 6.61 Å². The number of rotatable bonds is 6. The van der Waals surface area contributed by atoms with E-state index in [9.17, 15) is 13.2 Å². The summed E-state index contributed by atoms with van der Waals surface area (Å²) in [4.78, 5) is 4.19. The van der Waals surface area contributed by atoms with Crippen molar-refractivity contribution in [1.82, 2.24) is 10.3 Å². The molecule has 96 valence electrons. The van der Waals surface area contributed by atoms with E-state index >= 15 is 0 Å². The Hall–Kier alpha value is -0.660. The van der Waals surface area contributed by atoms with Gasteiger partial charge in [-0.1, -0.05) is 0 Å². The van der Waals surface area contributed by atoms with Gasteiger partial charge >= 0.3 is 6.18 Å². The lowest BCUT2D eigenvalue weighted by molar-refractivity contribution is -0.176. The molecule has 17 heavy (non-hydrogen) atoms. The van der Waals surface area contributed by atoms with Gasteiger partial charge in [0.15, 0.2) is 0 Å². The Morgan fingerprint density at radius 1 is 1.47 bits per heavy atom. The molecule has 0 unspecified atom stereocenters. The van der Waals surface area contributed by atoms with E-state index in [0.717, 1.165) is 5.69 Å². The molecule has 0 radical (unpaired) electrons. The van der Waals surface area contributed by atoms with Gasteiger partial charge in [-0.15, -0.1) is 11.3 Å². The smallest absolute Gasteiger partial charge is 0.365 e. The quantitative estimate of drug-likeness (QED) is 0.859. The number of aromatic nitrogens is 1. The standard InChI is InChI=1S/C10H13F3N2OS/c11-10(12,13)6-16-4-9-15-8(5-17-9)3-14-7-1-2-7/h5,7,14H,1-4,6H2. The van der Waals surface area contributed by atoms with Crippen LogP contribution in [0.25, 0.3) is 0 Å². The Kier molecular flexibility index (Phi) is 4.01. The number of hydrogen-bond acceptors (Lipinski definition) is 4. The Labute approximate surface area is 101 Å². The molecule has 1 aliphatic rings. The van der Waals surface area contributed by atoms with Crippen LogP contribution >= 0.6 is 11.3 Å². The summed E-state index contributed by atoms with van der Waals surface area (Å²) in [5.41, 5.74) is 0.868. The van der Waals surface area contributed by atoms with Crippen molar-refractivity contribution >= 4 is 11.3 Å². The van der Waals surface area contributed by atoms with Gasteiger partial charge in [-0.2, -0.15) is 13.2 Å². The normalized spacial score (nSPS) is 16.4. The number of nitrogens with one attached hydrogen (secondary N) is 1. The summed E-state index contributed by atoms with van der Waals surface area (Å²) in [6, 6.07) is 0.599. The number of alkyl halides is 3.